The summed E-state index contributed by atoms with van der Waals surface area (Å²) < 4.78 is 39.1. The molecule has 1 aromatic heterocycles. The van der Waals surface area contributed by atoms with Crippen molar-refractivity contribution in [2.45, 2.75) is 18.0 Å². The number of carbonyl (C=O) groups excluding carboxylic acids is 1. The monoisotopic (exact) mass is 421 g/mol. The molecule has 2 aromatic rings. The van der Waals surface area contributed by atoms with Crippen LogP contribution in [0.4, 0.5) is 4.79 Å². The van der Waals surface area contributed by atoms with E-state index in [0.717, 1.165) is 5.56 Å². The molecule has 10 nitrogen and oxygen atoms in total. The molecule has 1 saturated heterocycles. The molecule has 2 aliphatic rings. The molecule has 11 heteroatoms. The smallest absolute Gasteiger partial charge is 0.317 e. The van der Waals surface area contributed by atoms with E-state index in [4.69, 9.17) is 9.47 Å². The number of imidazole rings is 1. The predicted molar refractivity (Wildman–Crippen MR) is 103 cm³/mol. The Hall–Kier alpha value is -2.79. The van der Waals surface area contributed by atoms with Crippen LogP contribution in [0.5, 0.6) is 11.5 Å². The van der Waals surface area contributed by atoms with Crippen LogP contribution in [-0.2, 0) is 23.6 Å². The lowest BCUT2D eigenvalue weighted by Crippen LogP contribution is -2.42. The first-order valence-electron chi connectivity index (χ1n) is 9.33. The summed E-state index contributed by atoms with van der Waals surface area (Å²) in [6.45, 7) is 1.94. The number of carbonyl (C=O) groups is 1. The van der Waals surface area contributed by atoms with Gasteiger partial charge in [-0.1, -0.05) is 6.07 Å². The van der Waals surface area contributed by atoms with Crippen molar-refractivity contribution in [3.63, 3.8) is 0 Å². The molecule has 0 unspecified atom stereocenters. The van der Waals surface area contributed by atoms with Gasteiger partial charge >= 0.3 is 6.03 Å². The van der Waals surface area contributed by atoms with Crippen LogP contribution in [0.25, 0.3) is 0 Å². The van der Waals surface area contributed by atoms with Crippen LogP contribution in [0.15, 0.2) is 35.7 Å². The molecular formula is C18H23N5O5S. The van der Waals surface area contributed by atoms with E-state index in [2.05, 4.69) is 10.3 Å². The van der Waals surface area contributed by atoms with E-state index in [0.29, 0.717) is 44.1 Å². The SMILES string of the molecule is Cn1cnc(S(=O)(=O)N2CCCN(C(=O)NCc3ccc4c(c3)OCO4)CC2)c1. The van der Waals surface area contributed by atoms with Crippen molar-refractivity contribution in [2.24, 2.45) is 7.05 Å². The van der Waals surface area contributed by atoms with Crippen LogP contribution in [0.1, 0.15) is 12.0 Å². The highest BCUT2D eigenvalue weighted by Crippen LogP contribution is 2.32. The van der Waals surface area contributed by atoms with E-state index < -0.39 is 10.0 Å². The summed E-state index contributed by atoms with van der Waals surface area (Å²) in [5.74, 6) is 1.36. The number of nitrogens with one attached hydrogen (secondary N) is 1. The van der Waals surface area contributed by atoms with Gasteiger partial charge in [0, 0.05) is 46.0 Å². The highest BCUT2D eigenvalue weighted by molar-refractivity contribution is 7.89. The van der Waals surface area contributed by atoms with Crippen LogP contribution in [0, 0.1) is 0 Å². The van der Waals surface area contributed by atoms with Crippen molar-refractivity contribution in [3.05, 3.63) is 36.3 Å². The Morgan fingerprint density at radius 2 is 2.00 bits per heavy atom. The number of ether oxygens (including phenoxy) is 2. The first-order chi connectivity index (χ1) is 13.9. The van der Waals surface area contributed by atoms with Crippen LogP contribution in [0.2, 0.25) is 0 Å². The second-order valence-electron chi connectivity index (χ2n) is 6.97. The van der Waals surface area contributed by atoms with Gasteiger partial charge in [-0.05, 0) is 24.1 Å². The molecule has 2 aliphatic heterocycles. The summed E-state index contributed by atoms with van der Waals surface area (Å²) in [5, 5.41) is 2.91. The minimum atomic E-state index is -3.66. The fourth-order valence-corrected chi connectivity index (χ4v) is 4.77. The lowest BCUT2D eigenvalue weighted by molar-refractivity contribution is 0.174. The molecule has 156 valence electrons. The van der Waals surface area contributed by atoms with E-state index >= 15 is 0 Å². The van der Waals surface area contributed by atoms with Crippen molar-refractivity contribution in [1.29, 1.82) is 0 Å². The third-order valence-corrected chi connectivity index (χ3v) is 6.69. The van der Waals surface area contributed by atoms with Gasteiger partial charge in [-0.25, -0.2) is 18.2 Å². The van der Waals surface area contributed by atoms with E-state index in [9.17, 15) is 13.2 Å². The van der Waals surface area contributed by atoms with Gasteiger partial charge in [-0.2, -0.15) is 4.31 Å². The van der Waals surface area contributed by atoms with Crippen molar-refractivity contribution in [2.75, 3.05) is 33.0 Å². The number of aromatic nitrogens is 2. The number of nitrogens with zero attached hydrogens (tertiary/aromatic N) is 4. The third kappa shape index (κ3) is 4.15. The molecule has 0 bridgehead atoms. The van der Waals surface area contributed by atoms with Crippen LogP contribution in [-0.4, -0.2) is 66.2 Å². The lowest BCUT2D eigenvalue weighted by Gasteiger charge is -2.22. The van der Waals surface area contributed by atoms with Gasteiger partial charge in [0.2, 0.25) is 6.79 Å². The Morgan fingerprint density at radius 1 is 1.17 bits per heavy atom. The molecule has 0 radical (unpaired) electrons. The number of amides is 2. The zero-order valence-corrected chi connectivity index (χ0v) is 16.9. The van der Waals surface area contributed by atoms with Gasteiger partial charge in [-0.3, -0.25) is 0 Å². The highest BCUT2D eigenvalue weighted by atomic mass is 32.2. The van der Waals surface area contributed by atoms with Crippen molar-refractivity contribution < 1.29 is 22.7 Å². The second-order valence-corrected chi connectivity index (χ2v) is 8.85. The number of sulfonamides is 1. The van der Waals surface area contributed by atoms with E-state index in [1.807, 2.05) is 18.2 Å². The first-order valence-corrected chi connectivity index (χ1v) is 10.8. The number of benzene rings is 1. The molecular weight excluding hydrogens is 398 g/mol. The number of aryl methyl sites for hydroxylation is 1. The Labute approximate surface area is 169 Å². The average molecular weight is 421 g/mol. The lowest BCUT2D eigenvalue weighted by atomic mass is 10.2. The first kappa shape index (κ1) is 19.5. The van der Waals surface area contributed by atoms with Gasteiger partial charge in [0.1, 0.15) is 0 Å². The number of fused-ring (bicyclic) bond motifs is 1. The zero-order valence-electron chi connectivity index (χ0n) is 16.1. The van der Waals surface area contributed by atoms with Crippen LogP contribution < -0.4 is 14.8 Å². The summed E-state index contributed by atoms with van der Waals surface area (Å²) in [6, 6.07) is 5.31. The molecule has 2 amide bonds. The molecule has 29 heavy (non-hydrogen) atoms. The summed E-state index contributed by atoms with van der Waals surface area (Å²) in [6.07, 6.45) is 3.50. The normalized spacial score (nSPS) is 17.2. The van der Waals surface area contributed by atoms with Gasteiger partial charge in [-0.15, -0.1) is 0 Å². The number of hydrogen-bond acceptors (Lipinski definition) is 6. The van der Waals surface area contributed by atoms with Crippen LogP contribution >= 0.6 is 0 Å². The fraction of sp³-hybridized carbons (Fsp3) is 0.444. The Balaban J connectivity index is 1.34. The minimum absolute atomic E-state index is 0.0284. The molecule has 3 heterocycles. The summed E-state index contributed by atoms with van der Waals surface area (Å²) in [4.78, 5) is 18.2. The molecule has 1 fully saturated rings. The number of urea groups is 1. The van der Waals surface area contributed by atoms with Gasteiger partial charge in [0.05, 0.1) is 6.33 Å². The Bertz CT molecular complexity index is 1010. The Kier molecular flexibility index (Phi) is 5.33. The van der Waals surface area contributed by atoms with Gasteiger partial charge in [0.15, 0.2) is 16.5 Å². The number of rotatable bonds is 4. The summed E-state index contributed by atoms with van der Waals surface area (Å²) in [7, 11) is -1.93. The largest absolute Gasteiger partial charge is 0.454 e. The molecule has 0 saturated carbocycles. The topological polar surface area (TPSA) is 106 Å². The van der Waals surface area contributed by atoms with E-state index in [1.165, 1.54) is 16.8 Å². The molecule has 0 spiro atoms. The average Bonchev–Trinajstić information content (AvgIpc) is 3.27. The van der Waals surface area contributed by atoms with E-state index in [1.54, 1.807) is 16.5 Å². The predicted octanol–water partition coefficient (Wildman–Crippen LogP) is 0.755. The molecule has 1 aromatic carbocycles. The maximum atomic E-state index is 12.7. The number of hydrogen-bond donors (Lipinski definition) is 1. The maximum absolute atomic E-state index is 12.7. The maximum Gasteiger partial charge on any atom is 0.317 e. The Morgan fingerprint density at radius 3 is 2.79 bits per heavy atom. The second kappa shape index (κ2) is 7.91. The highest BCUT2D eigenvalue weighted by Gasteiger charge is 2.29. The quantitative estimate of drug-likeness (QED) is 0.781. The minimum Gasteiger partial charge on any atom is -0.454 e. The van der Waals surface area contributed by atoms with Gasteiger partial charge < -0.3 is 24.3 Å². The van der Waals surface area contributed by atoms with Crippen LogP contribution in [0.3, 0.4) is 0 Å². The van der Waals surface area contributed by atoms with E-state index in [-0.39, 0.29) is 24.4 Å². The standard InChI is InChI=1S/C18H23N5O5S/c1-21-11-17(20-12-21)29(25,26)23-6-2-5-22(7-8-23)18(24)19-10-14-3-4-15-16(9-14)28-13-27-15/h3-4,9,11-12H,2,5-8,10,13H2,1H3,(H,19,24). The third-order valence-electron chi connectivity index (χ3n) is 4.91. The molecule has 0 aliphatic carbocycles. The molecule has 0 atom stereocenters. The summed E-state index contributed by atoms with van der Waals surface area (Å²) in [5.41, 5.74) is 0.900. The van der Waals surface area contributed by atoms with Crippen molar-refractivity contribution in [1.82, 2.24) is 24.1 Å². The molecule has 4 rings (SSSR count). The van der Waals surface area contributed by atoms with Gasteiger partial charge in [0.25, 0.3) is 10.0 Å². The summed E-state index contributed by atoms with van der Waals surface area (Å²) >= 11 is 0. The zero-order chi connectivity index (χ0) is 20.4. The molecule has 1 N–H and O–H groups in total. The fourth-order valence-electron chi connectivity index (χ4n) is 3.33. The van der Waals surface area contributed by atoms with Crippen molar-refractivity contribution >= 4 is 16.1 Å². The van der Waals surface area contributed by atoms with Crippen molar-refractivity contribution in [3.8, 4) is 11.5 Å².